The van der Waals surface area contributed by atoms with E-state index in [1.165, 1.54) is 70.6 Å². The smallest absolute Gasteiger partial charge is 0.334 e. The standard InChI is InChI=1S/C47H86O9Si/c1-10-11-12-13-14-18-21-24-27-40(51-35-49-6)42-29-31-44(54-42)45-32-30-43(55-45)41(52-36-50-7)28-25-22-19-16-15-17-20-23-26-39(56-57(8,9)47(3,4)5)34-38-33-37(2)53-46(38)48/h19,22,33,37,39-45H,10-18,20-21,23-32,34-36H2,1-9H3/b22-19+/t37-,39+,40-,41+,42+,43+,44+,45+/m0/s1. The van der Waals surface area contributed by atoms with Crippen LogP contribution in [0, 0.1) is 0 Å². The Balaban J connectivity index is 1.35. The first-order chi connectivity index (χ1) is 27.4. The Morgan fingerprint density at radius 1 is 0.737 bits per heavy atom. The molecule has 3 aliphatic heterocycles. The summed E-state index contributed by atoms with van der Waals surface area (Å²) in [5.74, 6) is -0.177. The molecular weight excluding hydrogens is 737 g/mol. The van der Waals surface area contributed by atoms with Gasteiger partial charge in [0.2, 0.25) is 0 Å². The van der Waals surface area contributed by atoms with Gasteiger partial charge >= 0.3 is 5.97 Å². The normalized spacial score (nSPS) is 24.7. The second-order valence-electron chi connectivity index (χ2n) is 18.6. The maximum absolute atomic E-state index is 12.4. The van der Waals surface area contributed by atoms with Crippen LogP contribution in [0.2, 0.25) is 18.1 Å². The van der Waals surface area contributed by atoms with E-state index in [0.717, 1.165) is 69.8 Å². The van der Waals surface area contributed by atoms with Crippen molar-refractivity contribution < 1.29 is 42.4 Å². The van der Waals surface area contributed by atoms with Crippen molar-refractivity contribution in [2.45, 2.75) is 243 Å². The van der Waals surface area contributed by atoms with Gasteiger partial charge in [0.05, 0.1) is 36.6 Å². The largest absolute Gasteiger partial charge is 0.455 e. The molecule has 0 unspecified atom stereocenters. The van der Waals surface area contributed by atoms with E-state index in [1.54, 1.807) is 14.2 Å². The summed E-state index contributed by atoms with van der Waals surface area (Å²) in [6.45, 7) is 16.2. The van der Waals surface area contributed by atoms with Crippen LogP contribution in [0.15, 0.2) is 23.8 Å². The molecule has 0 saturated carbocycles. The molecule has 2 saturated heterocycles. The number of allylic oxidation sites excluding steroid dienone is 2. The summed E-state index contributed by atoms with van der Waals surface area (Å²) in [5.41, 5.74) is 0.781. The van der Waals surface area contributed by atoms with E-state index in [4.69, 9.17) is 37.6 Å². The third-order valence-electron chi connectivity index (χ3n) is 12.7. The lowest BCUT2D eigenvalue weighted by Gasteiger charge is -2.39. The van der Waals surface area contributed by atoms with Crippen molar-refractivity contribution in [3.8, 4) is 0 Å². The number of unbranched alkanes of at least 4 members (excludes halogenated alkanes) is 11. The van der Waals surface area contributed by atoms with Gasteiger partial charge in [-0.25, -0.2) is 4.79 Å². The van der Waals surface area contributed by atoms with Gasteiger partial charge in [-0.15, -0.1) is 0 Å². The number of carbonyl (C=O) groups is 1. The first-order valence-electron chi connectivity index (χ1n) is 23.1. The summed E-state index contributed by atoms with van der Waals surface area (Å²) in [5, 5.41) is 0.128. The molecule has 0 aromatic rings. The SMILES string of the molecule is CCCCCCCCCC[C@H](OCOC)[C@H]1CC[C@H]([C@H]2CC[C@H]([C@@H](CC/C=C/CCCCCC[C@H](CC3=C[C@H](C)OC3=O)O[Si](C)(C)C(C)(C)C)OCOC)O2)O1. The number of carbonyl (C=O) groups excluding carboxylic acids is 1. The van der Waals surface area contributed by atoms with Crippen molar-refractivity contribution in [2.24, 2.45) is 0 Å². The summed E-state index contributed by atoms with van der Waals surface area (Å²) in [4.78, 5) is 12.4. The van der Waals surface area contributed by atoms with Crippen molar-refractivity contribution in [2.75, 3.05) is 27.8 Å². The average molecular weight is 823 g/mol. The van der Waals surface area contributed by atoms with Gasteiger partial charge in [-0.05, 0) is 95.3 Å². The topological polar surface area (TPSA) is 90.9 Å². The van der Waals surface area contributed by atoms with Gasteiger partial charge in [-0.3, -0.25) is 0 Å². The number of ether oxygens (including phenoxy) is 7. The van der Waals surface area contributed by atoms with Gasteiger partial charge in [-0.1, -0.05) is 110 Å². The monoisotopic (exact) mass is 823 g/mol. The van der Waals surface area contributed by atoms with Crippen LogP contribution in [0.1, 0.15) is 176 Å². The molecule has 10 heteroatoms. The quantitative estimate of drug-likeness (QED) is 0.0216. The van der Waals surface area contributed by atoms with Crippen molar-refractivity contribution in [3.05, 3.63) is 23.8 Å². The Bertz CT molecular complexity index is 1140. The molecular formula is C47H86O9Si. The van der Waals surface area contributed by atoms with E-state index in [1.807, 2.05) is 13.0 Å². The van der Waals surface area contributed by atoms with Crippen LogP contribution < -0.4 is 0 Å². The lowest BCUT2D eigenvalue weighted by Crippen LogP contribution is -2.44. The molecule has 0 bridgehead atoms. The van der Waals surface area contributed by atoms with Gasteiger partial charge in [-0.2, -0.15) is 0 Å². The van der Waals surface area contributed by atoms with Gasteiger partial charge in [0, 0.05) is 32.3 Å². The third-order valence-corrected chi connectivity index (χ3v) is 17.2. The van der Waals surface area contributed by atoms with Crippen LogP contribution in [-0.4, -0.2) is 90.9 Å². The van der Waals surface area contributed by atoms with E-state index >= 15 is 0 Å². The van der Waals surface area contributed by atoms with E-state index in [2.05, 4.69) is 52.9 Å². The molecule has 0 aromatic heterocycles. The number of cyclic esters (lactones) is 1. The fourth-order valence-corrected chi connectivity index (χ4v) is 9.71. The first-order valence-corrected chi connectivity index (χ1v) is 26.1. The summed E-state index contributed by atoms with van der Waals surface area (Å²) in [7, 11) is 1.42. The fraction of sp³-hybridized carbons (Fsp3) is 0.894. The summed E-state index contributed by atoms with van der Waals surface area (Å²) < 4.78 is 48.5. The Morgan fingerprint density at radius 2 is 1.26 bits per heavy atom. The van der Waals surface area contributed by atoms with Crippen LogP contribution in [0.25, 0.3) is 0 Å². The number of hydrogen-bond acceptors (Lipinski definition) is 9. The van der Waals surface area contributed by atoms with E-state index < -0.39 is 8.32 Å². The predicted octanol–water partition coefficient (Wildman–Crippen LogP) is 11.9. The minimum Gasteiger partial charge on any atom is -0.455 e. The molecule has 0 N–H and O–H groups in total. The number of methoxy groups -OCH3 is 2. The fourth-order valence-electron chi connectivity index (χ4n) is 8.32. The van der Waals surface area contributed by atoms with Gasteiger partial charge in [0.25, 0.3) is 0 Å². The summed E-state index contributed by atoms with van der Waals surface area (Å²) in [6, 6.07) is 0. The highest BCUT2D eigenvalue weighted by atomic mass is 28.4. The number of esters is 1. The van der Waals surface area contributed by atoms with Gasteiger partial charge in [0.15, 0.2) is 8.32 Å². The van der Waals surface area contributed by atoms with Crippen molar-refractivity contribution in [3.63, 3.8) is 0 Å². The zero-order valence-electron chi connectivity index (χ0n) is 38.0. The molecule has 0 spiro atoms. The Labute approximate surface area is 350 Å². The van der Waals surface area contributed by atoms with Crippen LogP contribution in [0.5, 0.6) is 0 Å². The molecule has 9 nitrogen and oxygen atoms in total. The molecule has 3 heterocycles. The lowest BCUT2D eigenvalue weighted by atomic mass is 10.0. The predicted molar refractivity (Wildman–Crippen MR) is 233 cm³/mol. The van der Waals surface area contributed by atoms with E-state index in [9.17, 15) is 4.79 Å². The third kappa shape index (κ3) is 19.0. The maximum Gasteiger partial charge on any atom is 0.334 e. The molecule has 0 radical (unpaired) electrons. The summed E-state index contributed by atoms with van der Waals surface area (Å²) in [6.07, 6.45) is 31.7. The van der Waals surface area contributed by atoms with E-state index in [0.29, 0.717) is 13.2 Å². The molecule has 3 rings (SSSR count). The Morgan fingerprint density at radius 3 is 1.81 bits per heavy atom. The lowest BCUT2D eigenvalue weighted by molar-refractivity contribution is -0.157. The molecule has 8 atom stereocenters. The maximum atomic E-state index is 12.4. The van der Waals surface area contributed by atoms with Crippen molar-refractivity contribution in [1.29, 1.82) is 0 Å². The molecule has 0 amide bonds. The minimum absolute atomic E-state index is 0.00288. The first kappa shape index (κ1) is 50.2. The van der Waals surface area contributed by atoms with Gasteiger partial charge in [0.1, 0.15) is 19.7 Å². The van der Waals surface area contributed by atoms with Gasteiger partial charge < -0.3 is 37.6 Å². The highest BCUT2D eigenvalue weighted by Gasteiger charge is 2.42. The second-order valence-corrected chi connectivity index (χ2v) is 23.4. The van der Waals surface area contributed by atoms with Crippen molar-refractivity contribution in [1.82, 2.24) is 0 Å². The second kappa shape index (κ2) is 27.7. The summed E-state index contributed by atoms with van der Waals surface area (Å²) >= 11 is 0. The van der Waals surface area contributed by atoms with Crippen LogP contribution in [0.4, 0.5) is 0 Å². The van der Waals surface area contributed by atoms with Crippen LogP contribution >= 0.6 is 0 Å². The average Bonchev–Trinajstić information content (AvgIpc) is 3.92. The Kier molecular flexibility index (Phi) is 24.4. The van der Waals surface area contributed by atoms with Crippen LogP contribution in [0.3, 0.4) is 0 Å². The highest BCUT2D eigenvalue weighted by Crippen LogP contribution is 2.39. The molecule has 332 valence electrons. The minimum atomic E-state index is -1.95. The molecule has 0 aromatic carbocycles. The zero-order valence-corrected chi connectivity index (χ0v) is 39.0. The number of hydrogen-bond donors (Lipinski definition) is 0. The molecule has 3 aliphatic rings. The Hall–Kier alpha value is -1.11. The van der Waals surface area contributed by atoms with Crippen molar-refractivity contribution >= 4 is 14.3 Å². The van der Waals surface area contributed by atoms with Crippen LogP contribution in [-0.2, 0) is 42.4 Å². The zero-order chi connectivity index (χ0) is 41.5. The molecule has 57 heavy (non-hydrogen) atoms. The highest BCUT2D eigenvalue weighted by molar-refractivity contribution is 6.74. The number of rotatable bonds is 32. The molecule has 2 fully saturated rings. The molecule has 0 aliphatic carbocycles. The van der Waals surface area contributed by atoms with E-state index in [-0.39, 0.29) is 66.6 Å².